The second kappa shape index (κ2) is 8.43. The van der Waals surface area contributed by atoms with E-state index < -0.39 is 0 Å². The standard InChI is InChI=1S/C20H28N6O2/c1-14(2)21-20-19(26(27)28)15(3)13-18(23-20)22-16-5-7-17(8-6-16)25-11-9-24(4)10-12-25/h5-8,13-14H,9-12H2,1-4H3,(H2,21,22,23). The monoisotopic (exact) mass is 384 g/mol. The van der Waals surface area contributed by atoms with Crippen LogP contribution in [0.4, 0.5) is 28.7 Å². The predicted molar refractivity (Wildman–Crippen MR) is 114 cm³/mol. The minimum absolute atomic E-state index is 0.0182. The topological polar surface area (TPSA) is 86.6 Å². The number of nitro groups is 1. The highest BCUT2D eigenvalue weighted by Gasteiger charge is 2.21. The smallest absolute Gasteiger partial charge is 0.314 e. The van der Waals surface area contributed by atoms with E-state index in [1.165, 1.54) is 5.69 Å². The molecule has 0 atom stereocenters. The highest BCUT2D eigenvalue weighted by molar-refractivity contribution is 5.68. The molecule has 0 aliphatic carbocycles. The molecule has 3 rings (SSSR count). The first-order valence-corrected chi connectivity index (χ1v) is 9.56. The summed E-state index contributed by atoms with van der Waals surface area (Å²) in [7, 11) is 2.14. The molecule has 0 unspecified atom stereocenters. The largest absolute Gasteiger partial charge is 0.369 e. The van der Waals surface area contributed by atoms with Gasteiger partial charge in [0, 0.05) is 49.2 Å². The molecule has 0 saturated carbocycles. The van der Waals surface area contributed by atoms with E-state index in [9.17, 15) is 10.1 Å². The Hall–Kier alpha value is -2.87. The van der Waals surface area contributed by atoms with Gasteiger partial charge in [-0.05, 0) is 58.2 Å². The van der Waals surface area contributed by atoms with Crippen LogP contribution in [0.2, 0.25) is 0 Å². The molecule has 150 valence electrons. The van der Waals surface area contributed by atoms with Crippen molar-refractivity contribution in [3.8, 4) is 0 Å². The Labute approximate surface area is 165 Å². The molecule has 28 heavy (non-hydrogen) atoms. The van der Waals surface area contributed by atoms with Gasteiger partial charge in [-0.1, -0.05) is 0 Å². The van der Waals surface area contributed by atoms with Crippen molar-refractivity contribution in [2.45, 2.75) is 26.8 Å². The Balaban J connectivity index is 1.77. The van der Waals surface area contributed by atoms with Crippen molar-refractivity contribution in [2.24, 2.45) is 0 Å². The SMILES string of the molecule is Cc1cc(Nc2ccc(N3CCN(C)CC3)cc2)nc(NC(C)C)c1[N+](=O)[O-]. The van der Waals surface area contributed by atoms with E-state index in [1.807, 2.05) is 26.0 Å². The van der Waals surface area contributed by atoms with Crippen LogP contribution >= 0.6 is 0 Å². The van der Waals surface area contributed by atoms with E-state index in [0.29, 0.717) is 11.4 Å². The molecule has 2 aromatic rings. The van der Waals surface area contributed by atoms with Gasteiger partial charge in [0.15, 0.2) is 0 Å². The van der Waals surface area contributed by atoms with Gasteiger partial charge < -0.3 is 20.4 Å². The molecule has 0 bridgehead atoms. The summed E-state index contributed by atoms with van der Waals surface area (Å²) in [4.78, 5) is 20.2. The third-order valence-corrected chi connectivity index (χ3v) is 4.80. The minimum atomic E-state index is -0.387. The zero-order valence-corrected chi connectivity index (χ0v) is 16.9. The van der Waals surface area contributed by atoms with Crippen molar-refractivity contribution >= 4 is 28.7 Å². The first-order valence-electron chi connectivity index (χ1n) is 9.56. The highest BCUT2D eigenvalue weighted by atomic mass is 16.6. The van der Waals surface area contributed by atoms with Crippen LogP contribution in [0.15, 0.2) is 30.3 Å². The lowest BCUT2D eigenvalue weighted by atomic mass is 10.2. The first kappa shape index (κ1) is 19.9. The van der Waals surface area contributed by atoms with Gasteiger partial charge in [0.05, 0.1) is 4.92 Å². The second-order valence-corrected chi connectivity index (χ2v) is 7.54. The van der Waals surface area contributed by atoms with Gasteiger partial charge in [0.2, 0.25) is 5.82 Å². The Bertz CT molecular complexity index is 829. The Kier molecular flexibility index (Phi) is 5.99. The number of hydrogen-bond donors (Lipinski definition) is 2. The number of benzene rings is 1. The molecule has 1 aliphatic rings. The zero-order valence-electron chi connectivity index (χ0n) is 16.9. The zero-order chi connectivity index (χ0) is 20.3. The normalized spacial score (nSPS) is 15.0. The molecule has 1 saturated heterocycles. The quantitative estimate of drug-likeness (QED) is 0.581. The van der Waals surface area contributed by atoms with Crippen molar-refractivity contribution in [1.82, 2.24) is 9.88 Å². The lowest BCUT2D eigenvalue weighted by molar-refractivity contribution is -0.384. The van der Waals surface area contributed by atoms with E-state index in [0.717, 1.165) is 31.9 Å². The van der Waals surface area contributed by atoms with Crippen LogP contribution in [-0.2, 0) is 0 Å². The third kappa shape index (κ3) is 4.69. The summed E-state index contributed by atoms with van der Waals surface area (Å²) in [5, 5.41) is 17.7. The molecule has 0 spiro atoms. The maximum atomic E-state index is 11.4. The van der Waals surface area contributed by atoms with Crippen molar-refractivity contribution in [1.29, 1.82) is 0 Å². The second-order valence-electron chi connectivity index (χ2n) is 7.54. The van der Waals surface area contributed by atoms with Crippen LogP contribution < -0.4 is 15.5 Å². The van der Waals surface area contributed by atoms with Crippen molar-refractivity contribution in [3.63, 3.8) is 0 Å². The number of anilines is 4. The van der Waals surface area contributed by atoms with Crippen molar-refractivity contribution < 1.29 is 4.92 Å². The van der Waals surface area contributed by atoms with Crippen LogP contribution in [-0.4, -0.2) is 54.1 Å². The van der Waals surface area contributed by atoms with Gasteiger partial charge in [-0.3, -0.25) is 10.1 Å². The molecule has 2 N–H and O–H groups in total. The maximum absolute atomic E-state index is 11.4. The fraction of sp³-hybridized carbons (Fsp3) is 0.450. The number of likely N-dealkylation sites (N-methyl/N-ethyl adjacent to an activating group) is 1. The number of aromatic nitrogens is 1. The molecule has 0 amide bonds. The fourth-order valence-corrected chi connectivity index (χ4v) is 3.30. The van der Waals surface area contributed by atoms with E-state index in [4.69, 9.17) is 0 Å². The predicted octanol–water partition coefficient (Wildman–Crippen LogP) is 3.61. The number of nitrogens with one attached hydrogen (secondary N) is 2. The highest BCUT2D eigenvalue weighted by Crippen LogP contribution is 2.31. The summed E-state index contributed by atoms with van der Waals surface area (Å²) >= 11 is 0. The molecule has 2 heterocycles. The number of aryl methyl sites for hydroxylation is 1. The Morgan fingerprint density at radius 2 is 1.79 bits per heavy atom. The van der Waals surface area contributed by atoms with Gasteiger partial charge in [-0.25, -0.2) is 4.98 Å². The molecular formula is C20H28N6O2. The molecule has 1 fully saturated rings. The van der Waals surface area contributed by atoms with Gasteiger partial charge in [-0.15, -0.1) is 0 Å². The Morgan fingerprint density at radius 3 is 2.36 bits per heavy atom. The number of rotatable bonds is 6. The summed E-state index contributed by atoms with van der Waals surface area (Å²) in [6.07, 6.45) is 0. The maximum Gasteiger partial charge on any atom is 0.314 e. The van der Waals surface area contributed by atoms with Crippen molar-refractivity contribution in [2.75, 3.05) is 48.8 Å². The number of piperazine rings is 1. The Morgan fingerprint density at radius 1 is 1.14 bits per heavy atom. The number of nitrogens with zero attached hydrogens (tertiary/aromatic N) is 4. The average molecular weight is 384 g/mol. The van der Waals surface area contributed by atoms with Crippen LogP contribution in [0.3, 0.4) is 0 Å². The molecule has 1 aromatic carbocycles. The van der Waals surface area contributed by atoms with Crippen molar-refractivity contribution in [3.05, 3.63) is 46.0 Å². The van der Waals surface area contributed by atoms with Crippen LogP contribution in [0, 0.1) is 17.0 Å². The summed E-state index contributed by atoms with van der Waals surface area (Å²) in [5.41, 5.74) is 2.69. The summed E-state index contributed by atoms with van der Waals surface area (Å²) < 4.78 is 0. The van der Waals surface area contributed by atoms with E-state index >= 15 is 0 Å². The molecular weight excluding hydrogens is 356 g/mol. The van der Waals surface area contributed by atoms with E-state index in [-0.39, 0.29) is 22.5 Å². The summed E-state index contributed by atoms with van der Waals surface area (Å²) in [5.74, 6) is 0.871. The minimum Gasteiger partial charge on any atom is -0.369 e. The van der Waals surface area contributed by atoms with Gasteiger partial charge in [0.25, 0.3) is 0 Å². The molecule has 0 radical (unpaired) electrons. The van der Waals surface area contributed by atoms with E-state index in [2.05, 4.69) is 44.6 Å². The third-order valence-electron chi connectivity index (χ3n) is 4.80. The summed E-state index contributed by atoms with van der Waals surface area (Å²) in [6.45, 7) is 9.77. The number of pyridine rings is 1. The van der Waals surface area contributed by atoms with Gasteiger partial charge >= 0.3 is 5.69 Å². The van der Waals surface area contributed by atoms with Crippen LogP contribution in [0.1, 0.15) is 19.4 Å². The van der Waals surface area contributed by atoms with Gasteiger partial charge in [-0.2, -0.15) is 0 Å². The average Bonchev–Trinajstić information content (AvgIpc) is 2.62. The molecule has 8 heteroatoms. The molecule has 1 aromatic heterocycles. The molecule has 8 nitrogen and oxygen atoms in total. The fourth-order valence-electron chi connectivity index (χ4n) is 3.30. The molecule has 1 aliphatic heterocycles. The first-order chi connectivity index (χ1) is 13.3. The van der Waals surface area contributed by atoms with E-state index in [1.54, 1.807) is 13.0 Å². The number of hydrogen-bond acceptors (Lipinski definition) is 7. The summed E-state index contributed by atoms with van der Waals surface area (Å²) in [6, 6.07) is 9.98. The lowest BCUT2D eigenvalue weighted by Crippen LogP contribution is -2.44. The van der Waals surface area contributed by atoms with Crippen LogP contribution in [0.5, 0.6) is 0 Å². The lowest BCUT2D eigenvalue weighted by Gasteiger charge is -2.34. The van der Waals surface area contributed by atoms with Crippen LogP contribution in [0.25, 0.3) is 0 Å². The van der Waals surface area contributed by atoms with Gasteiger partial charge in [0.1, 0.15) is 5.82 Å².